The third-order valence-corrected chi connectivity index (χ3v) is 3.37. The van der Waals surface area contributed by atoms with E-state index in [-0.39, 0.29) is 5.82 Å². The van der Waals surface area contributed by atoms with E-state index in [0.717, 1.165) is 19.6 Å². The summed E-state index contributed by atoms with van der Waals surface area (Å²) in [5.41, 5.74) is 1.04. The number of nitrogens with zero attached hydrogens (tertiary/aromatic N) is 1. The van der Waals surface area contributed by atoms with Gasteiger partial charge in [-0.05, 0) is 30.5 Å². The number of hydrogen-bond acceptors (Lipinski definition) is 3. The first-order valence-corrected chi connectivity index (χ1v) is 6.20. The minimum absolute atomic E-state index is 0.263. The molecule has 1 aromatic carbocycles. The molecule has 2 atom stereocenters. The van der Waals surface area contributed by atoms with Crippen LogP contribution in [-0.2, 0) is 11.3 Å². The molecule has 0 aromatic heterocycles. The summed E-state index contributed by atoms with van der Waals surface area (Å²) < 4.78 is 19.0. The molecule has 1 aliphatic heterocycles. The lowest BCUT2D eigenvalue weighted by Gasteiger charge is -2.29. The van der Waals surface area contributed by atoms with Gasteiger partial charge in [-0.3, -0.25) is 0 Å². The normalized spacial score (nSPS) is 23.6. The third-order valence-electron chi connectivity index (χ3n) is 3.37. The van der Waals surface area contributed by atoms with Crippen LogP contribution in [0.25, 0.3) is 0 Å². The molecule has 1 fully saturated rings. The molecule has 0 radical (unpaired) electrons. The average Bonchev–Trinajstić information content (AvgIpc) is 2.39. The van der Waals surface area contributed by atoms with E-state index in [9.17, 15) is 4.39 Å². The standard InChI is InChI=1S/C14H17FN2O/c1-10-9-18-5-4-14(10)17-8-12-6-11(7-16)2-3-13(12)15/h2-3,6,10,14,17H,4-5,8-9H2,1H3. The Hall–Kier alpha value is -1.44. The number of rotatable bonds is 3. The van der Waals surface area contributed by atoms with Crippen molar-refractivity contribution in [2.75, 3.05) is 13.2 Å². The average molecular weight is 248 g/mol. The van der Waals surface area contributed by atoms with E-state index in [4.69, 9.17) is 10.00 Å². The molecule has 2 unspecified atom stereocenters. The molecule has 1 aromatic rings. The highest BCUT2D eigenvalue weighted by Crippen LogP contribution is 2.16. The molecule has 4 heteroatoms. The van der Waals surface area contributed by atoms with Gasteiger partial charge in [0.15, 0.2) is 0 Å². The zero-order valence-electron chi connectivity index (χ0n) is 10.4. The summed E-state index contributed by atoms with van der Waals surface area (Å²) in [7, 11) is 0. The maximum atomic E-state index is 13.6. The van der Waals surface area contributed by atoms with Crippen LogP contribution >= 0.6 is 0 Å². The van der Waals surface area contributed by atoms with Crippen LogP contribution in [-0.4, -0.2) is 19.3 Å². The Bertz CT molecular complexity index is 456. The summed E-state index contributed by atoms with van der Waals surface area (Å²) in [6.45, 7) is 4.08. The number of halogens is 1. The van der Waals surface area contributed by atoms with Crippen LogP contribution < -0.4 is 5.32 Å². The molecule has 1 saturated heterocycles. The monoisotopic (exact) mass is 248 g/mol. The summed E-state index contributed by atoms with van der Waals surface area (Å²) in [5.74, 6) is 0.169. The SMILES string of the molecule is CC1COCCC1NCc1cc(C#N)ccc1F. The highest BCUT2D eigenvalue weighted by Gasteiger charge is 2.21. The maximum Gasteiger partial charge on any atom is 0.127 e. The minimum Gasteiger partial charge on any atom is -0.381 e. The number of nitrogens with one attached hydrogen (secondary N) is 1. The molecule has 1 heterocycles. The van der Waals surface area contributed by atoms with E-state index in [1.54, 1.807) is 6.07 Å². The largest absolute Gasteiger partial charge is 0.381 e. The predicted octanol–water partition coefficient (Wildman–Crippen LogP) is 2.21. The van der Waals surface area contributed by atoms with Gasteiger partial charge in [0.1, 0.15) is 5.82 Å². The number of nitriles is 1. The number of ether oxygens (including phenoxy) is 1. The fraction of sp³-hybridized carbons (Fsp3) is 0.500. The molecular weight excluding hydrogens is 231 g/mol. The minimum atomic E-state index is -0.263. The van der Waals surface area contributed by atoms with Crippen molar-refractivity contribution in [1.29, 1.82) is 5.26 Å². The van der Waals surface area contributed by atoms with Gasteiger partial charge in [-0.1, -0.05) is 6.92 Å². The summed E-state index contributed by atoms with van der Waals surface area (Å²) in [6.07, 6.45) is 0.945. The lowest BCUT2D eigenvalue weighted by Crippen LogP contribution is -2.41. The first-order valence-electron chi connectivity index (χ1n) is 6.20. The zero-order valence-corrected chi connectivity index (χ0v) is 10.4. The molecule has 2 rings (SSSR count). The molecular formula is C14H17FN2O. The fourth-order valence-electron chi connectivity index (χ4n) is 2.20. The van der Waals surface area contributed by atoms with Crippen LogP contribution in [0.2, 0.25) is 0 Å². The summed E-state index contributed by atoms with van der Waals surface area (Å²) >= 11 is 0. The highest BCUT2D eigenvalue weighted by atomic mass is 19.1. The van der Waals surface area contributed by atoms with Gasteiger partial charge in [0.05, 0.1) is 18.2 Å². The van der Waals surface area contributed by atoms with E-state index in [2.05, 4.69) is 12.2 Å². The summed E-state index contributed by atoms with van der Waals surface area (Å²) in [6, 6.07) is 6.83. The van der Waals surface area contributed by atoms with E-state index >= 15 is 0 Å². The Morgan fingerprint density at radius 3 is 3.11 bits per heavy atom. The first kappa shape index (κ1) is 13.0. The van der Waals surface area contributed by atoms with Gasteiger partial charge in [-0.15, -0.1) is 0 Å². The smallest absolute Gasteiger partial charge is 0.127 e. The van der Waals surface area contributed by atoms with Crippen molar-refractivity contribution in [3.05, 3.63) is 35.1 Å². The summed E-state index contributed by atoms with van der Waals surface area (Å²) in [4.78, 5) is 0. The van der Waals surface area contributed by atoms with Crippen molar-refractivity contribution in [2.24, 2.45) is 5.92 Å². The lowest BCUT2D eigenvalue weighted by molar-refractivity contribution is 0.0386. The van der Waals surface area contributed by atoms with Crippen LogP contribution in [0.5, 0.6) is 0 Å². The fourth-order valence-corrected chi connectivity index (χ4v) is 2.20. The Labute approximate surface area is 107 Å². The van der Waals surface area contributed by atoms with E-state index in [1.807, 2.05) is 6.07 Å². The van der Waals surface area contributed by atoms with Crippen molar-refractivity contribution in [1.82, 2.24) is 5.32 Å². The van der Waals surface area contributed by atoms with Crippen molar-refractivity contribution < 1.29 is 9.13 Å². The zero-order chi connectivity index (χ0) is 13.0. The van der Waals surface area contributed by atoms with Crippen LogP contribution in [0.15, 0.2) is 18.2 Å². The van der Waals surface area contributed by atoms with Gasteiger partial charge in [-0.2, -0.15) is 5.26 Å². The van der Waals surface area contributed by atoms with Crippen molar-refractivity contribution in [3.8, 4) is 6.07 Å². The number of benzene rings is 1. The molecule has 0 aliphatic carbocycles. The van der Waals surface area contributed by atoms with Gasteiger partial charge in [0.25, 0.3) is 0 Å². The van der Waals surface area contributed by atoms with Crippen molar-refractivity contribution in [2.45, 2.75) is 25.9 Å². The third kappa shape index (κ3) is 3.06. The topological polar surface area (TPSA) is 45.0 Å². The second-order valence-corrected chi connectivity index (χ2v) is 4.75. The predicted molar refractivity (Wildman–Crippen MR) is 66.3 cm³/mol. The summed E-state index contributed by atoms with van der Waals surface area (Å²) in [5, 5.41) is 12.2. The molecule has 96 valence electrons. The van der Waals surface area contributed by atoms with Gasteiger partial charge >= 0.3 is 0 Å². The maximum absolute atomic E-state index is 13.6. The second kappa shape index (κ2) is 5.94. The Kier molecular flexibility index (Phi) is 4.29. The van der Waals surface area contributed by atoms with Gasteiger partial charge < -0.3 is 10.1 Å². The first-order chi connectivity index (χ1) is 8.70. The van der Waals surface area contributed by atoms with Gasteiger partial charge in [-0.25, -0.2) is 4.39 Å². The van der Waals surface area contributed by atoms with Crippen molar-refractivity contribution in [3.63, 3.8) is 0 Å². The van der Waals surface area contributed by atoms with Crippen LogP contribution in [0.1, 0.15) is 24.5 Å². The van der Waals surface area contributed by atoms with Crippen LogP contribution in [0, 0.1) is 23.1 Å². The molecule has 0 saturated carbocycles. The van der Waals surface area contributed by atoms with E-state index in [1.165, 1.54) is 12.1 Å². The van der Waals surface area contributed by atoms with Crippen LogP contribution in [0.4, 0.5) is 4.39 Å². The Morgan fingerprint density at radius 2 is 2.39 bits per heavy atom. The molecule has 1 N–H and O–H groups in total. The second-order valence-electron chi connectivity index (χ2n) is 4.75. The molecule has 3 nitrogen and oxygen atoms in total. The molecule has 0 spiro atoms. The van der Waals surface area contributed by atoms with Crippen LogP contribution in [0.3, 0.4) is 0 Å². The Balaban J connectivity index is 1.99. The van der Waals surface area contributed by atoms with Crippen molar-refractivity contribution >= 4 is 0 Å². The lowest BCUT2D eigenvalue weighted by atomic mass is 9.97. The van der Waals surface area contributed by atoms with Gasteiger partial charge in [0.2, 0.25) is 0 Å². The molecule has 0 bridgehead atoms. The molecule has 1 aliphatic rings. The molecule has 0 amide bonds. The van der Waals surface area contributed by atoms with Gasteiger partial charge in [0, 0.05) is 24.8 Å². The Morgan fingerprint density at radius 1 is 1.56 bits per heavy atom. The molecule has 18 heavy (non-hydrogen) atoms. The number of hydrogen-bond donors (Lipinski definition) is 1. The van der Waals surface area contributed by atoms with E-state index in [0.29, 0.717) is 29.6 Å². The highest BCUT2D eigenvalue weighted by molar-refractivity contribution is 5.33. The van der Waals surface area contributed by atoms with E-state index < -0.39 is 0 Å². The quantitative estimate of drug-likeness (QED) is 0.892.